The number of ether oxygens (including phenoxy) is 2. The smallest absolute Gasteiger partial charge is 0.271 e. The molecule has 0 spiro atoms. The average Bonchev–Trinajstić information content (AvgIpc) is 2.83. The van der Waals surface area contributed by atoms with Crippen molar-refractivity contribution in [2.75, 3.05) is 19.0 Å². The number of carbonyl (C=O) groups is 2. The van der Waals surface area contributed by atoms with Crippen LogP contribution in [-0.4, -0.2) is 36.7 Å². The first kappa shape index (κ1) is 24.2. The van der Waals surface area contributed by atoms with Gasteiger partial charge in [-0.05, 0) is 42.5 Å². The minimum Gasteiger partial charge on any atom is -0.495 e. The minimum absolute atomic E-state index is 0.129. The number of non-ortho nitro benzene ring substituents is 1. The summed E-state index contributed by atoms with van der Waals surface area (Å²) in [6.07, 6.45) is 1.31. The Balaban J connectivity index is 1.62. The molecule has 34 heavy (non-hydrogen) atoms. The minimum atomic E-state index is -0.563. The van der Waals surface area contributed by atoms with Gasteiger partial charge in [-0.2, -0.15) is 5.10 Å². The molecule has 0 bridgehead atoms. The van der Waals surface area contributed by atoms with Crippen LogP contribution in [0.5, 0.6) is 11.5 Å². The van der Waals surface area contributed by atoms with Gasteiger partial charge in [-0.3, -0.25) is 19.7 Å². The molecule has 0 radical (unpaired) electrons. The number of nitro benzene ring substituents is 1. The fourth-order valence-electron chi connectivity index (χ4n) is 2.79. The molecule has 0 aliphatic carbocycles. The van der Waals surface area contributed by atoms with Crippen molar-refractivity contribution in [1.82, 2.24) is 5.43 Å². The number of methoxy groups -OCH3 is 1. The van der Waals surface area contributed by atoms with Crippen LogP contribution in [0.1, 0.15) is 15.9 Å². The molecule has 2 amide bonds. The second-order valence-electron chi connectivity index (χ2n) is 6.72. The van der Waals surface area contributed by atoms with Crippen molar-refractivity contribution in [2.24, 2.45) is 5.10 Å². The maximum atomic E-state index is 12.3. The number of hydrazone groups is 1. The van der Waals surface area contributed by atoms with E-state index in [0.29, 0.717) is 27.8 Å². The van der Waals surface area contributed by atoms with Gasteiger partial charge in [0.25, 0.3) is 17.5 Å². The maximum Gasteiger partial charge on any atom is 0.271 e. The van der Waals surface area contributed by atoms with Gasteiger partial charge in [0.1, 0.15) is 11.5 Å². The van der Waals surface area contributed by atoms with Crippen LogP contribution in [0.3, 0.4) is 0 Å². The van der Waals surface area contributed by atoms with E-state index in [-0.39, 0.29) is 17.9 Å². The number of anilines is 1. The van der Waals surface area contributed by atoms with E-state index in [4.69, 9.17) is 21.1 Å². The highest BCUT2D eigenvalue weighted by Gasteiger charge is 2.11. The standard InChI is InChI=1S/C23H19ClN4O6/c1-33-21-5-3-2-4-19(21)26-22(29)14-34-20-11-8-17(24)12-16(20)13-25-27-23(30)15-6-9-18(10-7-15)28(31)32/h2-13H,14H2,1H3,(H,26,29)(H,27,30)/b25-13+. The molecule has 10 nitrogen and oxygen atoms in total. The number of hydrogen-bond acceptors (Lipinski definition) is 7. The van der Waals surface area contributed by atoms with Crippen LogP contribution in [0.15, 0.2) is 71.8 Å². The van der Waals surface area contributed by atoms with Gasteiger partial charge < -0.3 is 14.8 Å². The quantitative estimate of drug-likeness (QED) is 0.269. The van der Waals surface area contributed by atoms with E-state index in [1.807, 2.05) is 0 Å². The SMILES string of the molecule is COc1ccccc1NC(=O)COc1ccc(Cl)cc1/C=N/NC(=O)c1ccc([N+](=O)[O-])cc1. The number of rotatable bonds is 9. The Morgan fingerprint density at radius 2 is 1.82 bits per heavy atom. The fraction of sp³-hybridized carbons (Fsp3) is 0.0870. The first-order valence-electron chi connectivity index (χ1n) is 9.80. The van der Waals surface area contributed by atoms with E-state index in [1.165, 1.54) is 37.6 Å². The summed E-state index contributed by atoms with van der Waals surface area (Å²) in [5, 5.41) is 17.7. The molecule has 0 atom stereocenters. The first-order valence-corrected chi connectivity index (χ1v) is 10.2. The number of hydrogen-bond donors (Lipinski definition) is 2. The Kier molecular flexibility index (Phi) is 8.14. The molecule has 0 saturated carbocycles. The number of carbonyl (C=O) groups excluding carboxylic acids is 2. The van der Waals surface area contributed by atoms with Crippen LogP contribution in [-0.2, 0) is 4.79 Å². The van der Waals surface area contributed by atoms with Crippen molar-refractivity contribution >= 4 is 41.0 Å². The van der Waals surface area contributed by atoms with Crippen molar-refractivity contribution in [3.05, 3.63) is 93.0 Å². The third-order valence-corrected chi connectivity index (χ3v) is 4.66. The molecule has 174 valence electrons. The zero-order chi connectivity index (χ0) is 24.5. The van der Waals surface area contributed by atoms with Gasteiger partial charge in [0.15, 0.2) is 6.61 Å². The molecule has 3 rings (SSSR count). The molecule has 0 saturated heterocycles. The lowest BCUT2D eigenvalue weighted by atomic mass is 10.2. The Bertz CT molecular complexity index is 1230. The highest BCUT2D eigenvalue weighted by Crippen LogP contribution is 2.24. The van der Waals surface area contributed by atoms with Crippen LogP contribution >= 0.6 is 11.6 Å². The number of nitrogens with zero attached hydrogens (tertiary/aromatic N) is 2. The summed E-state index contributed by atoms with van der Waals surface area (Å²) in [5.74, 6) is -0.146. The van der Waals surface area contributed by atoms with Crippen molar-refractivity contribution < 1.29 is 24.0 Å². The van der Waals surface area contributed by atoms with Gasteiger partial charge in [0, 0.05) is 28.3 Å². The molecule has 2 N–H and O–H groups in total. The van der Waals surface area contributed by atoms with Crippen LogP contribution in [0.25, 0.3) is 0 Å². The van der Waals surface area contributed by atoms with Crippen molar-refractivity contribution in [3.63, 3.8) is 0 Å². The highest BCUT2D eigenvalue weighted by atomic mass is 35.5. The van der Waals surface area contributed by atoms with Crippen LogP contribution in [0, 0.1) is 10.1 Å². The van der Waals surface area contributed by atoms with E-state index < -0.39 is 16.7 Å². The monoisotopic (exact) mass is 482 g/mol. The van der Waals surface area contributed by atoms with Crippen molar-refractivity contribution in [3.8, 4) is 11.5 Å². The molecule has 0 aromatic heterocycles. The summed E-state index contributed by atoms with van der Waals surface area (Å²) < 4.78 is 10.8. The van der Waals surface area contributed by atoms with E-state index in [9.17, 15) is 19.7 Å². The maximum absolute atomic E-state index is 12.3. The summed E-state index contributed by atoms with van der Waals surface area (Å²) in [5.41, 5.74) is 3.31. The lowest BCUT2D eigenvalue weighted by molar-refractivity contribution is -0.384. The van der Waals surface area contributed by atoms with Crippen molar-refractivity contribution in [2.45, 2.75) is 0 Å². The summed E-state index contributed by atoms with van der Waals surface area (Å²) in [6, 6.07) is 16.7. The predicted octanol–water partition coefficient (Wildman–Crippen LogP) is 4.04. The average molecular weight is 483 g/mol. The van der Waals surface area contributed by atoms with Gasteiger partial charge in [-0.1, -0.05) is 23.7 Å². The number of para-hydroxylation sites is 2. The lowest BCUT2D eigenvalue weighted by Crippen LogP contribution is -2.21. The third kappa shape index (κ3) is 6.53. The molecule has 3 aromatic rings. The predicted molar refractivity (Wildman–Crippen MR) is 127 cm³/mol. The van der Waals surface area contributed by atoms with Gasteiger partial charge in [-0.15, -0.1) is 0 Å². The number of halogens is 1. The number of nitro groups is 1. The Labute approximate surface area is 199 Å². The summed E-state index contributed by atoms with van der Waals surface area (Å²) in [4.78, 5) is 34.7. The van der Waals surface area contributed by atoms with Crippen molar-refractivity contribution in [1.29, 1.82) is 0 Å². The zero-order valence-corrected chi connectivity index (χ0v) is 18.6. The molecule has 11 heteroatoms. The molecular formula is C23H19ClN4O6. The van der Waals surface area contributed by atoms with Gasteiger partial charge >= 0.3 is 0 Å². The summed E-state index contributed by atoms with van der Waals surface area (Å²) in [7, 11) is 1.50. The Hall–Kier alpha value is -4.44. The molecular weight excluding hydrogens is 464 g/mol. The first-order chi connectivity index (χ1) is 16.4. The number of benzene rings is 3. The molecule has 0 aliphatic heterocycles. The van der Waals surface area contributed by atoms with Gasteiger partial charge in [0.2, 0.25) is 0 Å². The fourth-order valence-corrected chi connectivity index (χ4v) is 2.97. The van der Waals surface area contributed by atoms with E-state index in [0.717, 1.165) is 0 Å². The second kappa shape index (κ2) is 11.4. The number of amides is 2. The topological polar surface area (TPSA) is 132 Å². The van der Waals surface area contributed by atoms with Gasteiger partial charge in [0.05, 0.1) is 23.9 Å². The van der Waals surface area contributed by atoms with Crippen LogP contribution < -0.4 is 20.2 Å². The Morgan fingerprint density at radius 1 is 1.09 bits per heavy atom. The molecule has 0 fully saturated rings. The van der Waals surface area contributed by atoms with E-state index in [1.54, 1.807) is 42.5 Å². The molecule has 0 unspecified atom stereocenters. The highest BCUT2D eigenvalue weighted by molar-refractivity contribution is 6.30. The molecule has 3 aromatic carbocycles. The number of nitrogens with one attached hydrogen (secondary N) is 2. The summed E-state index contributed by atoms with van der Waals surface area (Å²) in [6.45, 7) is -0.296. The molecule has 0 aliphatic rings. The lowest BCUT2D eigenvalue weighted by Gasteiger charge is -2.12. The largest absolute Gasteiger partial charge is 0.495 e. The Morgan fingerprint density at radius 3 is 2.53 bits per heavy atom. The van der Waals surface area contributed by atoms with Gasteiger partial charge in [-0.25, -0.2) is 5.43 Å². The molecule has 0 heterocycles. The third-order valence-electron chi connectivity index (χ3n) is 4.42. The van der Waals surface area contributed by atoms with Crippen LogP contribution in [0.2, 0.25) is 5.02 Å². The zero-order valence-electron chi connectivity index (χ0n) is 17.9. The second-order valence-corrected chi connectivity index (χ2v) is 7.16. The van der Waals surface area contributed by atoms with E-state index >= 15 is 0 Å². The summed E-state index contributed by atoms with van der Waals surface area (Å²) >= 11 is 6.05. The van der Waals surface area contributed by atoms with Crippen LogP contribution in [0.4, 0.5) is 11.4 Å². The van der Waals surface area contributed by atoms with E-state index in [2.05, 4.69) is 15.8 Å². The normalized spacial score (nSPS) is 10.5.